The SMILES string of the molecule is Cn1cc(-c2nc(COC(=O)C3CCN(C(=O)c4ccc(F)cc4)CC3)cs2)cn1. The van der Waals surface area contributed by atoms with E-state index >= 15 is 0 Å². The van der Waals surface area contributed by atoms with E-state index in [2.05, 4.69) is 10.1 Å². The predicted molar refractivity (Wildman–Crippen MR) is 109 cm³/mol. The van der Waals surface area contributed by atoms with E-state index in [0.29, 0.717) is 37.2 Å². The molecule has 1 fully saturated rings. The number of carbonyl (C=O) groups is 2. The lowest BCUT2D eigenvalue weighted by Gasteiger charge is -2.31. The first-order valence-electron chi connectivity index (χ1n) is 9.64. The molecule has 1 aliphatic heterocycles. The summed E-state index contributed by atoms with van der Waals surface area (Å²) in [6.45, 7) is 1.07. The molecule has 2 aromatic heterocycles. The normalized spacial score (nSPS) is 14.7. The zero-order valence-corrected chi connectivity index (χ0v) is 17.3. The van der Waals surface area contributed by atoms with Crippen LogP contribution in [-0.4, -0.2) is 44.6 Å². The molecule has 0 atom stereocenters. The van der Waals surface area contributed by atoms with Crippen LogP contribution in [0, 0.1) is 11.7 Å². The monoisotopic (exact) mass is 428 g/mol. The Morgan fingerprint density at radius 2 is 1.97 bits per heavy atom. The molecule has 0 radical (unpaired) electrons. The van der Waals surface area contributed by atoms with Gasteiger partial charge in [-0.05, 0) is 37.1 Å². The van der Waals surface area contributed by atoms with Gasteiger partial charge in [0.2, 0.25) is 0 Å². The Balaban J connectivity index is 1.26. The lowest BCUT2D eigenvalue weighted by molar-refractivity contribution is -0.151. The molecule has 156 valence electrons. The highest BCUT2D eigenvalue weighted by atomic mass is 32.1. The maximum Gasteiger partial charge on any atom is 0.309 e. The van der Waals surface area contributed by atoms with Crippen LogP contribution in [0.5, 0.6) is 0 Å². The number of halogens is 1. The largest absolute Gasteiger partial charge is 0.459 e. The van der Waals surface area contributed by atoms with Crippen molar-refractivity contribution in [2.24, 2.45) is 13.0 Å². The van der Waals surface area contributed by atoms with Crippen molar-refractivity contribution in [1.82, 2.24) is 19.7 Å². The number of rotatable bonds is 5. The quantitative estimate of drug-likeness (QED) is 0.583. The average Bonchev–Trinajstić information content (AvgIpc) is 3.41. The molecule has 1 amide bonds. The molecule has 30 heavy (non-hydrogen) atoms. The number of hydrogen-bond acceptors (Lipinski definition) is 6. The Morgan fingerprint density at radius 3 is 2.63 bits per heavy atom. The third-order valence-corrected chi connectivity index (χ3v) is 6.01. The highest BCUT2D eigenvalue weighted by Crippen LogP contribution is 2.24. The fourth-order valence-corrected chi connectivity index (χ4v) is 4.17. The van der Waals surface area contributed by atoms with E-state index in [4.69, 9.17) is 4.74 Å². The van der Waals surface area contributed by atoms with Gasteiger partial charge in [0.15, 0.2) is 0 Å². The van der Waals surface area contributed by atoms with E-state index in [1.807, 2.05) is 18.6 Å². The van der Waals surface area contributed by atoms with Crippen LogP contribution in [0.25, 0.3) is 10.6 Å². The molecule has 3 aromatic rings. The zero-order chi connectivity index (χ0) is 21.1. The van der Waals surface area contributed by atoms with Crippen LogP contribution < -0.4 is 0 Å². The van der Waals surface area contributed by atoms with Crippen molar-refractivity contribution in [2.75, 3.05) is 13.1 Å². The number of amides is 1. The number of nitrogens with zero attached hydrogens (tertiary/aromatic N) is 4. The van der Waals surface area contributed by atoms with E-state index in [9.17, 15) is 14.0 Å². The van der Waals surface area contributed by atoms with Gasteiger partial charge in [-0.3, -0.25) is 14.3 Å². The van der Waals surface area contributed by atoms with Gasteiger partial charge in [-0.25, -0.2) is 9.37 Å². The summed E-state index contributed by atoms with van der Waals surface area (Å²) in [7, 11) is 1.85. The van der Waals surface area contributed by atoms with Crippen molar-refractivity contribution in [1.29, 1.82) is 0 Å². The van der Waals surface area contributed by atoms with Crippen molar-refractivity contribution < 1.29 is 18.7 Å². The number of thiazole rings is 1. The van der Waals surface area contributed by atoms with E-state index < -0.39 is 0 Å². The van der Waals surface area contributed by atoms with Crippen LogP contribution in [0.4, 0.5) is 4.39 Å². The van der Waals surface area contributed by atoms with Gasteiger partial charge < -0.3 is 9.64 Å². The Hall–Kier alpha value is -3.07. The second-order valence-corrected chi connectivity index (χ2v) is 8.09. The van der Waals surface area contributed by atoms with E-state index in [0.717, 1.165) is 10.6 Å². The summed E-state index contributed by atoms with van der Waals surface area (Å²) in [5.41, 5.74) is 2.08. The molecule has 7 nitrogen and oxygen atoms in total. The highest BCUT2D eigenvalue weighted by molar-refractivity contribution is 7.13. The van der Waals surface area contributed by atoms with Gasteiger partial charge in [0.05, 0.1) is 17.8 Å². The molecular formula is C21H21FN4O3S. The second-order valence-electron chi connectivity index (χ2n) is 7.23. The molecule has 0 unspecified atom stereocenters. The summed E-state index contributed by atoms with van der Waals surface area (Å²) in [6, 6.07) is 5.50. The Morgan fingerprint density at radius 1 is 1.23 bits per heavy atom. The number of carbonyl (C=O) groups excluding carboxylic acids is 2. The molecule has 9 heteroatoms. The van der Waals surface area contributed by atoms with Gasteiger partial charge in [0.25, 0.3) is 5.91 Å². The Kier molecular flexibility index (Phi) is 5.89. The van der Waals surface area contributed by atoms with Crippen LogP contribution in [0.15, 0.2) is 42.0 Å². The third kappa shape index (κ3) is 4.56. The van der Waals surface area contributed by atoms with Crippen molar-refractivity contribution in [2.45, 2.75) is 19.4 Å². The first kappa shape index (κ1) is 20.2. The van der Waals surface area contributed by atoms with Gasteiger partial charge in [-0.15, -0.1) is 11.3 Å². The summed E-state index contributed by atoms with van der Waals surface area (Å²) in [6.07, 6.45) is 4.72. The molecule has 0 spiro atoms. The molecular weight excluding hydrogens is 407 g/mol. The average molecular weight is 428 g/mol. The van der Waals surface area contributed by atoms with Crippen molar-refractivity contribution >= 4 is 23.2 Å². The summed E-state index contributed by atoms with van der Waals surface area (Å²) < 4.78 is 20.2. The second kappa shape index (κ2) is 8.74. The van der Waals surface area contributed by atoms with Gasteiger partial charge >= 0.3 is 5.97 Å². The van der Waals surface area contributed by atoms with Gasteiger partial charge in [0.1, 0.15) is 17.4 Å². The lowest BCUT2D eigenvalue weighted by atomic mass is 9.96. The minimum atomic E-state index is -0.374. The number of piperidine rings is 1. The third-order valence-electron chi connectivity index (χ3n) is 5.07. The number of likely N-dealkylation sites (tertiary alicyclic amines) is 1. The Labute approximate surface area is 177 Å². The minimum Gasteiger partial charge on any atom is -0.459 e. The minimum absolute atomic E-state index is 0.129. The molecule has 0 saturated carbocycles. The van der Waals surface area contributed by atoms with Gasteiger partial charge in [-0.2, -0.15) is 5.10 Å². The van der Waals surface area contributed by atoms with Gasteiger partial charge in [-0.1, -0.05) is 0 Å². The number of aryl methyl sites for hydroxylation is 1. The maximum absolute atomic E-state index is 13.0. The summed E-state index contributed by atoms with van der Waals surface area (Å²) in [5.74, 6) is -1.02. The number of ether oxygens (including phenoxy) is 1. The topological polar surface area (TPSA) is 77.3 Å². The Bertz CT molecular complexity index is 1040. The predicted octanol–water partition coefficient (Wildman–Crippen LogP) is 3.28. The van der Waals surface area contributed by atoms with E-state index in [1.54, 1.807) is 15.8 Å². The first-order valence-corrected chi connectivity index (χ1v) is 10.5. The van der Waals surface area contributed by atoms with Crippen LogP contribution in [0.3, 0.4) is 0 Å². The molecule has 4 rings (SSSR count). The number of aromatic nitrogens is 3. The van der Waals surface area contributed by atoms with Crippen LogP contribution >= 0.6 is 11.3 Å². The van der Waals surface area contributed by atoms with Crippen molar-refractivity contribution in [3.05, 3.63) is 59.1 Å². The number of hydrogen-bond donors (Lipinski definition) is 0. The smallest absolute Gasteiger partial charge is 0.309 e. The molecule has 0 N–H and O–H groups in total. The standard InChI is InChI=1S/C21H21FN4O3S/c1-25-11-16(10-23-25)19-24-18(13-30-19)12-29-21(28)15-6-8-26(9-7-15)20(27)14-2-4-17(22)5-3-14/h2-5,10-11,13,15H,6-9,12H2,1H3. The summed E-state index contributed by atoms with van der Waals surface area (Å²) in [5, 5.41) is 6.84. The van der Waals surface area contributed by atoms with Crippen molar-refractivity contribution in [3.63, 3.8) is 0 Å². The number of benzene rings is 1. The van der Waals surface area contributed by atoms with Crippen LogP contribution in [0.2, 0.25) is 0 Å². The fraction of sp³-hybridized carbons (Fsp3) is 0.333. The molecule has 1 aromatic carbocycles. The lowest BCUT2D eigenvalue weighted by Crippen LogP contribution is -2.40. The van der Waals surface area contributed by atoms with E-state index in [-0.39, 0.29) is 30.2 Å². The molecule has 0 aliphatic carbocycles. The van der Waals surface area contributed by atoms with Crippen LogP contribution in [-0.2, 0) is 23.2 Å². The molecule has 1 saturated heterocycles. The van der Waals surface area contributed by atoms with Gasteiger partial charge in [0, 0.05) is 42.8 Å². The molecule has 1 aliphatic rings. The van der Waals surface area contributed by atoms with E-state index in [1.165, 1.54) is 35.6 Å². The summed E-state index contributed by atoms with van der Waals surface area (Å²) in [4.78, 5) is 31.1. The highest BCUT2D eigenvalue weighted by Gasteiger charge is 2.29. The summed E-state index contributed by atoms with van der Waals surface area (Å²) >= 11 is 1.48. The number of esters is 1. The van der Waals surface area contributed by atoms with Crippen LogP contribution in [0.1, 0.15) is 28.9 Å². The van der Waals surface area contributed by atoms with Crippen molar-refractivity contribution in [3.8, 4) is 10.6 Å². The molecule has 3 heterocycles. The fourth-order valence-electron chi connectivity index (χ4n) is 3.39. The zero-order valence-electron chi connectivity index (χ0n) is 16.5. The first-order chi connectivity index (χ1) is 14.5. The maximum atomic E-state index is 13.0. The molecule has 0 bridgehead atoms.